The molecule has 0 spiro atoms. The number of carbonyl (C=O) groups is 1. The van der Waals surface area contributed by atoms with Gasteiger partial charge < -0.3 is 4.74 Å². The van der Waals surface area contributed by atoms with Gasteiger partial charge in [-0.25, -0.2) is 8.42 Å². The summed E-state index contributed by atoms with van der Waals surface area (Å²) in [6.45, 7) is 2.50. The number of hydrogen-bond donors (Lipinski definition) is 0. The zero-order valence-corrected chi connectivity index (χ0v) is 19.9. The molecule has 0 unspecified atom stereocenters. The van der Waals surface area contributed by atoms with E-state index in [1.165, 1.54) is 15.6 Å². The molecular weight excluding hydrogens is 486 g/mol. The van der Waals surface area contributed by atoms with Crippen molar-refractivity contribution in [3.63, 3.8) is 0 Å². The Bertz CT molecular complexity index is 1100. The number of halogens is 1. The molecule has 3 aromatic rings. The number of hydrogen-bond acceptors (Lipinski definition) is 5. The van der Waals surface area contributed by atoms with Crippen LogP contribution >= 0.6 is 27.3 Å². The predicted molar refractivity (Wildman–Crippen MR) is 126 cm³/mol. The van der Waals surface area contributed by atoms with Crippen molar-refractivity contribution >= 4 is 58.3 Å². The van der Waals surface area contributed by atoms with Crippen molar-refractivity contribution in [3.05, 3.63) is 59.1 Å². The number of benzene rings is 2. The van der Waals surface area contributed by atoms with Crippen LogP contribution in [0, 0.1) is 0 Å². The standard InChI is InChI=1S/C22H24BrNO4S2/c1-2-28-20(25)15-7-4-10-16-24(30(26,27)17-11-5-3-6-12-17)22-21(23)18-13-8-9-14-19(18)29-22/h3,5-6,8-9,11-14H,2,4,7,10,15-16H2,1H3. The Kier molecular flexibility index (Phi) is 7.91. The zero-order chi connectivity index (χ0) is 21.6. The number of unbranched alkanes of at least 4 members (excludes halogenated alkanes) is 2. The van der Waals surface area contributed by atoms with Crippen molar-refractivity contribution in [2.45, 2.75) is 37.5 Å². The fraction of sp³-hybridized carbons (Fsp3) is 0.318. The van der Waals surface area contributed by atoms with Crippen molar-refractivity contribution in [2.24, 2.45) is 0 Å². The van der Waals surface area contributed by atoms with Crippen molar-refractivity contribution in [3.8, 4) is 0 Å². The molecule has 0 aliphatic heterocycles. The number of fused-ring (bicyclic) bond motifs is 1. The lowest BCUT2D eigenvalue weighted by Crippen LogP contribution is -2.31. The SMILES string of the molecule is CCOC(=O)CCCCCN(c1sc2ccccc2c1Br)S(=O)(=O)c1ccccc1. The van der Waals surface area contributed by atoms with Crippen LogP contribution in [-0.4, -0.2) is 27.5 Å². The van der Waals surface area contributed by atoms with Crippen molar-refractivity contribution in [1.29, 1.82) is 0 Å². The molecule has 0 fully saturated rings. The van der Waals surface area contributed by atoms with Gasteiger partial charge in [-0.2, -0.15) is 0 Å². The van der Waals surface area contributed by atoms with Gasteiger partial charge in [-0.3, -0.25) is 9.10 Å². The molecule has 0 saturated carbocycles. The minimum atomic E-state index is -3.71. The van der Waals surface area contributed by atoms with E-state index in [1.807, 2.05) is 24.3 Å². The maximum absolute atomic E-state index is 13.5. The molecule has 0 N–H and O–H groups in total. The van der Waals surface area contributed by atoms with Gasteiger partial charge in [0.1, 0.15) is 5.00 Å². The summed E-state index contributed by atoms with van der Waals surface area (Å²) < 4.78 is 35.2. The quantitative estimate of drug-likeness (QED) is 0.249. The number of ether oxygens (including phenoxy) is 1. The van der Waals surface area contributed by atoms with Crippen LogP contribution in [0.25, 0.3) is 10.1 Å². The van der Waals surface area contributed by atoms with Crippen molar-refractivity contribution < 1.29 is 17.9 Å². The smallest absolute Gasteiger partial charge is 0.305 e. The molecule has 0 bridgehead atoms. The second-order valence-corrected chi connectivity index (χ2v) is 10.4. The summed E-state index contributed by atoms with van der Waals surface area (Å²) in [7, 11) is -3.71. The van der Waals surface area contributed by atoms with E-state index in [0.717, 1.165) is 21.0 Å². The second kappa shape index (κ2) is 10.4. The monoisotopic (exact) mass is 509 g/mol. The first kappa shape index (κ1) is 22.8. The van der Waals surface area contributed by atoms with Crippen LogP contribution in [0.4, 0.5) is 5.00 Å². The van der Waals surface area contributed by atoms with Gasteiger partial charge in [0.05, 0.1) is 16.0 Å². The number of nitrogens with zero attached hydrogens (tertiary/aromatic N) is 1. The third-order valence-corrected chi connectivity index (χ3v) is 8.81. The van der Waals surface area contributed by atoms with E-state index in [4.69, 9.17) is 4.74 Å². The lowest BCUT2D eigenvalue weighted by Gasteiger charge is -2.23. The Hall–Kier alpha value is -1.90. The number of anilines is 1. The lowest BCUT2D eigenvalue weighted by molar-refractivity contribution is -0.143. The van der Waals surface area contributed by atoms with Crippen LogP contribution in [-0.2, 0) is 19.6 Å². The average Bonchev–Trinajstić information content (AvgIpc) is 3.07. The highest BCUT2D eigenvalue weighted by molar-refractivity contribution is 9.10. The zero-order valence-electron chi connectivity index (χ0n) is 16.7. The van der Waals surface area contributed by atoms with Crippen molar-refractivity contribution in [2.75, 3.05) is 17.5 Å². The minimum absolute atomic E-state index is 0.210. The third-order valence-electron chi connectivity index (χ3n) is 4.62. The van der Waals surface area contributed by atoms with E-state index in [2.05, 4.69) is 15.9 Å². The van der Waals surface area contributed by atoms with Crippen LogP contribution in [0.3, 0.4) is 0 Å². The van der Waals surface area contributed by atoms with Gasteiger partial charge in [0, 0.05) is 23.1 Å². The first-order chi connectivity index (χ1) is 14.4. The van der Waals surface area contributed by atoms with Crippen LogP contribution in [0.15, 0.2) is 64.0 Å². The Morgan fingerprint density at radius 2 is 1.73 bits per heavy atom. The molecule has 0 amide bonds. The number of rotatable bonds is 10. The van der Waals surface area contributed by atoms with Gasteiger partial charge in [0.25, 0.3) is 10.0 Å². The van der Waals surface area contributed by atoms with Crippen LogP contribution < -0.4 is 4.31 Å². The van der Waals surface area contributed by atoms with Crippen LogP contribution in [0.5, 0.6) is 0 Å². The highest BCUT2D eigenvalue weighted by Crippen LogP contribution is 2.43. The van der Waals surface area contributed by atoms with Crippen LogP contribution in [0.2, 0.25) is 0 Å². The summed E-state index contributed by atoms with van der Waals surface area (Å²) in [5, 5.41) is 1.67. The highest BCUT2D eigenvalue weighted by Gasteiger charge is 2.28. The molecule has 0 atom stereocenters. The Morgan fingerprint density at radius 1 is 1.03 bits per heavy atom. The molecule has 0 saturated heterocycles. The van der Waals surface area contributed by atoms with Gasteiger partial charge in [0.15, 0.2) is 0 Å². The van der Waals surface area contributed by atoms with E-state index in [9.17, 15) is 13.2 Å². The molecule has 5 nitrogen and oxygen atoms in total. The molecule has 0 aliphatic carbocycles. The molecule has 30 heavy (non-hydrogen) atoms. The van der Waals surface area contributed by atoms with E-state index in [1.54, 1.807) is 37.3 Å². The molecule has 3 rings (SSSR count). The highest BCUT2D eigenvalue weighted by atomic mass is 79.9. The molecule has 0 aliphatic rings. The molecule has 1 heterocycles. The number of thiophene rings is 1. The summed E-state index contributed by atoms with van der Waals surface area (Å²) >= 11 is 5.07. The van der Waals surface area contributed by atoms with Gasteiger partial charge in [0.2, 0.25) is 0 Å². The lowest BCUT2D eigenvalue weighted by atomic mass is 10.2. The summed E-state index contributed by atoms with van der Waals surface area (Å²) in [5.74, 6) is -0.210. The summed E-state index contributed by atoms with van der Waals surface area (Å²) in [5.41, 5.74) is 0. The first-order valence-electron chi connectivity index (χ1n) is 9.85. The molecule has 1 aromatic heterocycles. The van der Waals surface area contributed by atoms with Gasteiger partial charge in [-0.1, -0.05) is 42.8 Å². The van der Waals surface area contributed by atoms with Gasteiger partial charge in [-0.05, 0) is 53.9 Å². The maximum Gasteiger partial charge on any atom is 0.305 e. The fourth-order valence-corrected chi connectivity index (χ4v) is 7.07. The normalized spacial score (nSPS) is 11.5. The molecule has 0 radical (unpaired) electrons. The second-order valence-electron chi connectivity index (χ2n) is 6.72. The Labute approximate surface area is 189 Å². The van der Waals surface area contributed by atoms with E-state index in [0.29, 0.717) is 37.4 Å². The summed E-state index contributed by atoms with van der Waals surface area (Å²) in [6, 6.07) is 16.3. The van der Waals surface area contributed by atoms with E-state index >= 15 is 0 Å². The average molecular weight is 510 g/mol. The number of sulfonamides is 1. The first-order valence-corrected chi connectivity index (χ1v) is 12.9. The van der Waals surface area contributed by atoms with E-state index in [-0.39, 0.29) is 10.9 Å². The Balaban J connectivity index is 1.84. The number of carbonyl (C=O) groups excluding carboxylic acids is 1. The minimum Gasteiger partial charge on any atom is -0.466 e. The topological polar surface area (TPSA) is 63.7 Å². The van der Waals surface area contributed by atoms with E-state index < -0.39 is 10.0 Å². The molecular formula is C22H24BrNO4S2. The molecule has 160 valence electrons. The maximum atomic E-state index is 13.5. The molecule has 8 heteroatoms. The summed E-state index contributed by atoms with van der Waals surface area (Å²) in [6.07, 6.45) is 2.41. The van der Waals surface area contributed by atoms with Gasteiger partial charge in [-0.15, -0.1) is 11.3 Å². The Morgan fingerprint density at radius 3 is 2.43 bits per heavy atom. The number of esters is 1. The summed E-state index contributed by atoms with van der Waals surface area (Å²) in [4.78, 5) is 11.8. The van der Waals surface area contributed by atoms with Gasteiger partial charge >= 0.3 is 5.97 Å². The van der Waals surface area contributed by atoms with Crippen LogP contribution in [0.1, 0.15) is 32.6 Å². The predicted octanol–water partition coefficient (Wildman–Crippen LogP) is 5.98. The fourth-order valence-electron chi connectivity index (χ4n) is 3.15. The molecule has 2 aromatic carbocycles. The third kappa shape index (κ3) is 5.22. The largest absolute Gasteiger partial charge is 0.466 e. The van der Waals surface area contributed by atoms with Crippen molar-refractivity contribution in [1.82, 2.24) is 0 Å².